The number of methoxy groups -OCH3 is 2. The van der Waals surface area contributed by atoms with Gasteiger partial charge >= 0.3 is 0 Å². The van der Waals surface area contributed by atoms with E-state index in [-0.39, 0.29) is 11.5 Å². The van der Waals surface area contributed by atoms with Gasteiger partial charge in [0, 0.05) is 86.6 Å². The molecule has 2 fully saturated rings. The van der Waals surface area contributed by atoms with Crippen LogP contribution in [0, 0.1) is 0 Å². The van der Waals surface area contributed by atoms with Crippen molar-refractivity contribution in [1.29, 1.82) is 0 Å². The Morgan fingerprint density at radius 3 is 2.44 bits per heavy atom. The first-order valence-corrected chi connectivity index (χ1v) is 9.69. The molecule has 2 saturated heterocycles. The van der Waals surface area contributed by atoms with Crippen LogP contribution in [0.3, 0.4) is 0 Å². The van der Waals surface area contributed by atoms with Crippen molar-refractivity contribution in [2.75, 3.05) is 86.9 Å². The van der Waals surface area contributed by atoms with Gasteiger partial charge in [-0.15, -0.1) is 0 Å². The third kappa shape index (κ3) is 6.91. The molecule has 2 aliphatic rings. The first-order chi connectivity index (χ1) is 13.1. The summed E-state index contributed by atoms with van der Waals surface area (Å²) in [5.41, 5.74) is -0.184. The molecule has 0 saturated carbocycles. The fourth-order valence-electron chi connectivity index (χ4n) is 3.44. The first kappa shape index (κ1) is 21.9. The number of rotatable bonds is 8. The van der Waals surface area contributed by atoms with Crippen LogP contribution >= 0.6 is 0 Å². The highest BCUT2D eigenvalue weighted by atomic mass is 16.5. The number of hydrogen-bond donors (Lipinski definition) is 2. The number of amides is 1. The average Bonchev–Trinajstić information content (AvgIpc) is 2.70. The van der Waals surface area contributed by atoms with Gasteiger partial charge in [-0.05, 0) is 0 Å². The van der Waals surface area contributed by atoms with Crippen LogP contribution in [0.15, 0.2) is 4.99 Å². The number of guanidine groups is 1. The largest absolute Gasteiger partial charge is 0.383 e. The van der Waals surface area contributed by atoms with Gasteiger partial charge in [-0.2, -0.15) is 0 Å². The smallest absolute Gasteiger partial charge is 0.234 e. The van der Waals surface area contributed by atoms with Crippen LogP contribution in [0.25, 0.3) is 0 Å². The molecule has 0 aliphatic carbocycles. The van der Waals surface area contributed by atoms with E-state index in [4.69, 9.17) is 14.2 Å². The zero-order valence-corrected chi connectivity index (χ0v) is 17.0. The molecule has 156 valence electrons. The lowest BCUT2D eigenvalue weighted by Crippen LogP contribution is -2.56. The fraction of sp³-hybridized carbons (Fsp3) is 0.889. The SMILES string of the molecule is CN=C(NCC1(OC)CCOCC1)N1CCN(CC(=O)NCCOC)CC1. The lowest BCUT2D eigenvalue weighted by Gasteiger charge is -2.39. The van der Waals surface area contributed by atoms with Crippen molar-refractivity contribution in [2.45, 2.75) is 18.4 Å². The van der Waals surface area contributed by atoms with E-state index in [2.05, 4.69) is 25.4 Å². The molecule has 2 N–H and O–H groups in total. The Morgan fingerprint density at radius 1 is 1.15 bits per heavy atom. The van der Waals surface area contributed by atoms with Crippen molar-refractivity contribution in [2.24, 2.45) is 4.99 Å². The number of carbonyl (C=O) groups excluding carboxylic acids is 1. The molecular weight excluding hydrogens is 350 g/mol. The predicted octanol–water partition coefficient (Wildman–Crippen LogP) is -0.862. The van der Waals surface area contributed by atoms with Gasteiger partial charge < -0.3 is 29.7 Å². The summed E-state index contributed by atoms with van der Waals surface area (Å²) in [5, 5.41) is 6.34. The van der Waals surface area contributed by atoms with Crippen LogP contribution in [-0.4, -0.2) is 114 Å². The zero-order chi connectivity index (χ0) is 19.5. The second kappa shape index (κ2) is 11.4. The third-order valence-electron chi connectivity index (χ3n) is 5.28. The quantitative estimate of drug-likeness (QED) is 0.319. The van der Waals surface area contributed by atoms with E-state index in [1.807, 2.05) is 0 Å². The van der Waals surface area contributed by atoms with Crippen LogP contribution in [0.5, 0.6) is 0 Å². The summed E-state index contributed by atoms with van der Waals surface area (Å²) in [6, 6.07) is 0. The van der Waals surface area contributed by atoms with E-state index in [0.717, 1.165) is 64.7 Å². The molecule has 0 aromatic rings. The van der Waals surface area contributed by atoms with Crippen LogP contribution < -0.4 is 10.6 Å². The fourth-order valence-corrected chi connectivity index (χ4v) is 3.44. The number of piperazine rings is 1. The molecule has 0 aromatic carbocycles. The summed E-state index contributed by atoms with van der Waals surface area (Å²) >= 11 is 0. The molecule has 2 rings (SSSR count). The summed E-state index contributed by atoms with van der Waals surface area (Å²) in [7, 11) is 5.20. The van der Waals surface area contributed by atoms with Crippen molar-refractivity contribution in [1.82, 2.24) is 20.4 Å². The summed E-state index contributed by atoms with van der Waals surface area (Å²) < 4.78 is 16.2. The van der Waals surface area contributed by atoms with Crippen LogP contribution in [0.4, 0.5) is 0 Å². The molecule has 9 nitrogen and oxygen atoms in total. The van der Waals surface area contributed by atoms with E-state index in [0.29, 0.717) is 19.7 Å². The topological polar surface area (TPSA) is 87.7 Å². The summed E-state index contributed by atoms with van der Waals surface area (Å²) in [6.07, 6.45) is 1.78. The molecule has 27 heavy (non-hydrogen) atoms. The minimum Gasteiger partial charge on any atom is -0.383 e. The van der Waals surface area contributed by atoms with Crippen molar-refractivity contribution in [3.63, 3.8) is 0 Å². The van der Waals surface area contributed by atoms with Crippen LogP contribution in [-0.2, 0) is 19.0 Å². The third-order valence-corrected chi connectivity index (χ3v) is 5.28. The Morgan fingerprint density at radius 2 is 1.85 bits per heavy atom. The average molecular weight is 386 g/mol. The maximum Gasteiger partial charge on any atom is 0.234 e. The van der Waals surface area contributed by atoms with Crippen molar-refractivity contribution in [3.8, 4) is 0 Å². The van der Waals surface area contributed by atoms with E-state index >= 15 is 0 Å². The van der Waals surface area contributed by atoms with E-state index in [1.54, 1.807) is 21.3 Å². The second-order valence-corrected chi connectivity index (χ2v) is 7.01. The summed E-state index contributed by atoms with van der Waals surface area (Å²) in [6.45, 7) is 7.07. The Labute approximate surface area is 162 Å². The normalized spacial score (nSPS) is 21.1. The van der Waals surface area contributed by atoms with Gasteiger partial charge in [0.15, 0.2) is 5.96 Å². The lowest BCUT2D eigenvalue weighted by molar-refractivity contribution is -0.122. The molecule has 0 radical (unpaired) electrons. The van der Waals surface area contributed by atoms with Crippen molar-refractivity contribution < 1.29 is 19.0 Å². The molecule has 2 heterocycles. The van der Waals surface area contributed by atoms with E-state index < -0.39 is 0 Å². The van der Waals surface area contributed by atoms with Crippen LogP contribution in [0.1, 0.15) is 12.8 Å². The molecule has 0 spiro atoms. The molecule has 0 atom stereocenters. The summed E-state index contributed by atoms with van der Waals surface area (Å²) in [4.78, 5) is 20.8. The molecule has 9 heteroatoms. The zero-order valence-electron chi connectivity index (χ0n) is 17.0. The summed E-state index contributed by atoms with van der Waals surface area (Å²) in [5.74, 6) is 0.937. The highest BCUT2D eigenvalue weighted by molar-refractivity contribution is 5.80. The Kier molecular flexibility index (Phi) is 9.26. The minimum absolute atomic E-state index is 0.0459. The minimum atomic E-state index is -0.184. The number of nitrogens with zero attached hydrogens (tertiary/aromatic N) is 3. The lowest BCUT2D eigenvalue weighted by atomic mass is 9.94. The Balaban J connectivity index is 1.74. The van der Waals surface area contributed by atoms with Gasteiger partial charge in [-0.25, -0.2) is 0 Å². The maximum atomic E-state index is 11.9. The number of hydrogen-bond acceptors (Lipinski definition) is 6. The highest BCUT2D eigenvalue weighted by Crippen LogP contribution is 2.23. The second-order valence-electron chi connectivity index (χ2n) is 7.01. The van der Waals surface area contributed by atoms with Crippen molar-refractivity contribution >= 4 is 11.9 Å². The van der Waals surface area contributed by atoms with Gasteiger partial charge in [-0.1, -0.05) is 0 Å². The molecule has 1 amide bonds. The molecule has 0 unspecified atom stereocenters. The Hall–Kier alpha value is -1.42. The molecule has 0 aromatic heterocycles. The van der Waals surface area contributed by atoms with Gasteiger partial charge in [0.25, 0.3) is 0 Å². The number of nitrogens with one attached hydrogen (secondary N) is 2. The van der Waals surface area contributed by atoms with E-state index in [9.17, 15) is 4.79 Å². The predicted molar refractivity (Wildman–Crippen MR) is 104 cm³/mol. The van der Waals surface area contributed by atoms with Gasteiger partial charge in [0.1, 0.15) is 0 Å². The van der Waals surface area contributed by atoms with Gasteiger partial charge in [0.2, 0.25) is 5.91 Å². The van der Waals surface area contributed by atoms with Crippen LogP contribution in [0.2, 0.25) is 0 Å². The maximum absolute atomic E-state index is 11.9. The van der Waals surface area contributed by atoms with E-state index in [1.165, 1.54) is 0 Å². The molecule has 0 bridgehead atoms. The molecule has 2 aliphatic heterocycles. The first-order valence-electron chi connectivity index (χ1n) is 9.69. The highest BCUT2D eigenvalue weighted by Gasteiger charge is 2.33. The van der Waals surface area contributed by atoms with Gasteiger partial charge in [0.05, 0.1) is 18.8 Å². The number of ether oxygens (including phenoxy) is 3. The number of carbonyl (C=O) groups is 1. The monoisotopic (exact) mass is 385 g/mol. The standard InChI is InChI=1S/C18H35N5O4/c1-19-17(21-15-18(26-3)4-11-27-12-5-18)23-9-7-22(8-10-23)14-16(24)20-6-13-25-2/h4-15H2,1-3H3,(H,19,21)(H,20,24). The number of aliphatic imine (C=N–C) groups is 1. The van der Waals surface area contributed by atoms with Gasteiger partial charge in [-0.3, -0.25) is 14.7 Å². The molecular formula is C18H35N5O4. The Bertz CT molecular complexity index is 474. The van der Waals surface area contributed by atoms with Crippen molar-refractivity contribution in [3.05, 3.63) is 0 Å².